The lowest BCUT2D eigenvalue weighted by Crippen LogP contribution is -2.41. The lowest BCUT2D eigenvalue weighted by Gasteiger charge is -2.36. The van der Waals surface area contributed by atoms with Crippen LogP contribution in [0.5, 0.6) is 0 Å². The zero-order valence-electron chi connectivity index (χ0n) is 14.3. The van der Waals surface area contributed by atoms with Gasteiger partial charge in [0.15, 0.2) is 5.65 Å². The van der Waals surface area contributed by atoms with Crippen LogP contribution in [0.25, 0.3) is 22.1 Å². The van der Waals surface area contributed by atoms with Crippen molar-refractivity contribution >= 4 is 27.9 Å². The fourth-order valence-electron chi connectivity index (χ4n) is 3.69. The number of aromatic nitrogens is 5. The lowest BCUT2D eigenvalue weighted by molar-refractivity contribution is 0.280. The van der Waals surface area contributed by atoms with Crippen molar-refractivity contribution in [2.24, 2.45) is 7.05 Å². The predicted octanol–water partition coefficient (Wildman–Crippen LogP) is 2.49. The molecule has 0 bridgehead atoms. The van der Waals surface area contributed by atoms with Crippen LogP contribution < -0.4 is 11.0 Å². The first kappa shape index (κ1) is 15.1. The van der Waals surface area contributed by atoms with Crippen molar-refractivity contribution in [3.05, 3.63) is 59.4 Å². The monoisotopic (exact) mass is 346 g/mol. The van der Waals surface area contributed by atoms with Crippen LogP contribution >= 0.6 is 0 Å². The molecular formula is C19H18N6O. The third kappa shape index (κ3) is 2.28. The molecule has 1 N–H and O–H groups in total. The summed E-state index contributed by atoms with van der Waals surface area (Å²) in [6.45, 7) is 0. The van der Waals surface area contributed by atoms with Crippen LogP contribution in [0.3, 0.4) is 0 Å². The van der Waals surface area contributed by atoms with E-state index in [9.17, 15) is 4.79 Å². The number of pyridine rings is 3. The molecule has 4 aromatic heterocycles. The lowest BCUT2D eigenvalue weighted by atomic mass is 9.86. The van der Waals surface area contributed by atoms with Gasteiger partial charge in [0.05, 0.1) is 11.0 Å². The minimum Gasteiger partial charge on any atom is -0.367 e. The normalized spacial score (nSPS) is 19.6. The molecule has 0 atom stereocenters. The van der Waals surface area contributed by atoms with E-state index in [4.69, 9.17) is 0 Å². The van der Waals surface area contributed by atoms with Crippen LogP contribution in [-0.4, -0.2) is 30.1 Å². The molecule has 0 amide bonds. The number of aryl methyl sites for hydroxylation is 1. The molecule has 1 fully saturated rings. The molecule has 0 spiro atoms. The molecule has 1 aliphatic rings. The van der Waals surface area contributed by atoms with Crippen LogP contribution in [0.2, 0.25) is 0 Å². The van der Waals surface area contributed by atoms with Crippen molar-refractivity contribution < 1.29 is 0 Å². The van der Waals surface area contributed by atoms with Gasteiger partial charge < -0.3 is 5.32 Å². The van der Waals surface area contributed by atoms with Gasteiger partial charge in [0, 0.05) is 43.1 Å². The molecule has 1 saturated carbocycles. The summed E-state index contributed by atoms with van der Waals surface area (Å²) < 4.78 is 3.50. The van der Waals surface area contributed by atoms with E-state index < -0.39 is 0 Å². The summed E-state index contributed by atoms with van der Waals surface area (Å²) in [4.78, 5) is 25.7. The van der Waals surface area contributed by atoms with E-state index in [2.05, 4.69) is 20.3 Å². The van der Waals surface area contributed by atoms with Crippen LogP contribution in [-0.2, 0) is 7.05 Å². The molecule has 0 saturated heterocycles. The molecule has 4 heterocycles. The van der Waals surface area contributed by atoms with Crippen molar-refractivity contribution in [2.75, 3.05) is 5.32 Å². The summed E-state index contributed by atoms with van der Waals surface area (Å²) in [6, 6.07) is 10.2. The van der Waals surface area contributed by atoms with Gasteiger partial charge in [-0.05, 0) is 43.2 Å². The van der Waals surface area contributed by atoms with Crippen molar-refractivity contribution in [3.8, 4) is 0 Å². The number of imidazole rings is 1. The topological polar surface area (TPSA) is 77.6 Å². The third-order valence-electron chi connectivity index (χ3n) is 5.17. The van der Waals surface area contributed by atoms with Gasteiger partial charge in [-0.2, -0.15) is 0 Å². The van der Waals surface area contributed by atoms with Gasteiger partial charge in [0.1, 0.15) is 5.82 Å². The predicted molar refractivity (Wildman–Crippen MR) is 100 cm³/mol. The van der Waals surface area contributed by atoms with E-state index in [1.807, 2.05) is 41.1 Å². The number of nitrogens with zero attached hydrogens (tertiary/aromatic N) is 5. The highest BCUT2D eigenvalue weighted by Gasteiger charge is 2.33. The first-order valence-corrected chi connectivity index (χ1v) is 8.70. The van der Waals surface area contributed by atoms with Crippen molar-refractivity contribution in [3.63, 3.8) is 0 Å². The summed E-state index contributed by atoms with van der Waals surface area (Å²) >= 11 is 0. The number of nitrogens with one attached hydrogen (secondary N) is 1. The number of anilines is 1. The molecule has 7 nitrogen and oxygen atoms in total. The highest BCUT2D eigenvalue weighted by atomic mass is 16.1. The van der Waals surface area contributed by atoms with E-state index in [0.29, 0.717) is 6.04 Å². The molecule has 0 aliphatic heterocycles. The number of hydrogen-bond donors (Lipinski definition) is 1. The van der Waals surface area contributed by atoms with E-state index in [1.54, 1.807) is 24.0 Å². The average Bonchev–Trinajstić information content (AvgIpc) is 2.89. The van der Waals surface area contributed by atoms with Gasteiger partial charge in [0.25, 0.3) is 0 Å². The van der Waals surface area contributed by atoms with Crippen molar-refractivity contribution in [1.82, 2.24) is 24.1 Å². The van der Waals surface area contributed by atoms with Gasteiger partial charge in [-0.1, -0.05) is 0 Å². The first-order chi connectivity index (χ1) is 12.7. The van der Waals surface area contributed by atoms with E-state index in [0.717, 1.165) is 40.7 Å². The van der Waals surface area contributed by atoms with Gasteiger partial charge in [-0.3, -0.25) is 14.1 Å². The molecule has 130 valence electrons. The smallest absolute Gasteiger partial charge is 0.330 e. The molecule has 0 aromatic carbocycles. The molecule has 1 aliphatic carbocycles. The van der Waals surface area contributed by atoms with E-state index in [1.165, 1.54) is 0 Å². The largest absolute Gasteiger partial charge is 0.367 e. The van der Waals surface area contributed by atoms with E-state index >= 15 is 0 Å². The van der Waals surface area contributed by atoms with Crippen LogP contribution in [0.4, 0.5) is 5.82 Å². The standard InChI is InChI=1S/C19H18N6O/c1-24-16-3-2-7-21-18(16)25(19(24)26)14-9-13(10-14)22-17-5-4-12-11-20-8-6-15(12)23-17/h2-8,11,13-14H,9-10H2,1H3,(H,22,23)/t13-,14-. The molecule has 26 heavy (non-hydrogen) atoms. The van der Waals surface area contributed by atoms with Crippen LogP contribution in [0, 0.1) is 0 Å². The van der Waals surface area contributed by atoms with Crippen LogP contribution in [0.15, 0.2) is 53.7 Å². The number of hydrogen-bond acceptors (Lipinski definition) is 5. The molecule has 7 heteroatoms. The summed E-state index contributed by atoms with van der Waals surface area (Å²) in [5.41, 5.74) is 2.56. The van der Waals surface area contributed by atoms with Gasteiger partial charge in [0.2, 0.25) is 0 Å². The zero-order valence-corrected chi connectivity index (χ0v) is 14.3. The minimum absolute atomic E-state index is 0.00141. The Morgan fingerprint density at radius 3 is 2.92 bits per heavy atom. The highest BCUT2D eigenvalue weighted by molar-refractivity contribution is 5.79. The Hall–Kier alpha value is -3.22. The summed E-state index contributed by atoms with van der Waals surface area (Å²) in [5, 5.41) is 4.50. The summed E-state index contributed by atoms with van der Waals surface area (Å²) in [6.07, 6.45) is 7.06. The first-order valence-electron chi connectivity index (χ1n) is 8.70. The third-order valence-corrected chi connectivity index (χ3v) is 5.17. The van der Waals surface area contributed by atoms with Crippen molar-refractivity contribution in [2.45, 2.75) is 24.9 Å². The molecule has 0 radical (unpaired) electrons. The maximum absolute atomic E-state index is 12.6. The second-order valence-electron chi connectivity index (χ2n) is 6.79. The second-order valence-corrected chi connectivity index (χ2v) is 6.79. The Balaban J connectivity index is 1.36. The Kier molecular flexibility index (Phi) is 3.28. The average molecular weight is 346 g/mol. The Morgan fingerprint density at radius 2 is 2.04 bits per heavy atom. The highest BCUT2D eigenvalue weighted by Crippen LogP contribution is 2.35. The maximum Gasteiger partial charge on any atom is 0.330 e. The Morgan fingerprint density at radius 1 is 1.15 bits per heavy atom. The SMILES string of the molecule is Cn1c(=O)n([C@H]2C[C@H](Nc3ccc4cnccc4n3)C2)c2ncccc21. The summed E-state index contributed by atoms with van der Waals surface area (Å²) in [7, 11) is 1.80. The zero-order chi connectivity index (χ0) is 17.7. The fraction of sp³-hybridized carbons (Fsp3) is 0.263. The molecule has 4 aromatic rings. The molecular weight excluding hydrogens is 328 g/mol. The van der Waals surface area contributed by atoms with Crippen LogP contribution in [0.1, 0.15) is 18.9 Å². The number of rotatable bonds is 3. The summed E-state index contributed by atoms with van der Waals surface area (Å²) in [5.74, 6) is 0.857. The molecule has 5 rings (SSSR count). The van der Waals surface area contributed by atoms with E-state index in [-0.39, 0.29) is 11.7 Å². The van der Waals surface area contributed by atoms with Gasteiger partial charge in [-0.15, -0.1) is 0 Å². The van der Waals surface area contributed by atoms with Crippen molar-refractivity contribution in [1.29, 1.82) is 0 Å². The second kappa shape index (κ2) is 5.66. The maximum atomic E-state index is 12.6. The Labute approximate surface area is 149 Å². The minimum atomic E-state index is -0.00141. The fourth-order valence-corrected chi connectivity index (χ4v) is 3.69. The molecule has 0 unspecified atom stereocenters. The number of fused-ring (bicyclic) bond motifs is 2. The Bertz CT molecular complexity index is 1170. The van der Waals surface area contributed by atoms with Gasteiger partial charge >= 0.3 is 5.69 Å². The quantitative estimate of drug-likeness (QED) is 0.617. The van der Waals surface area contributed by atoms with Gasteiger partial charge in [-0.25, -0.2) is 14.8 Å².